The second-order valence-corrected chi connectivity index (χ2v) is 15.9. The third-order valence-corrected chi connectivity index (χ3v) is 14.2. The van der Waals surface area contributed by atoms with E-state index in [2.05, 4.69) is 40.9 Å². The van der Waals surface area contributed by atoms with E-state index in [1.807, 2.05) is 12.2 Å². The fourth-order valence-corrected chi connectivity index (χ4v) is 12.1. The summed E-state index contributed by atoms with van der Waals surface area (Å²) in [5.74, 6) is 0.605. The summed E-state index contributed by atoms with van der Waals surface area (Å²) >= 11 is 0. The van der Waals surface area contributed by atoms with Gasteiger partial charge in [0.15, 0.2) is 11.6 Å². The number of hydrogen-bond donors (Lipinski definition) is 0. The summed E-state index contributed by atoms with van der Waals surface area (Å²) in [5, 5.41) is 0. The standard InChI is InChI=1S/2C18H28O3/c2*1-4-13-12-16(2)14-6-5-8-18(19-10-11-20-18)17(14,3)9-7-15(16)21-13/h2*4,13-15H,1,5-12H2,2-3H3/t2*13-,14-,15-,16-,17-/m00/s1. The van der Waals surface area contributed by atoms with Crippen molar-refractivity contribution < 1.29 is 28.4 Å². The molecule has 4 aliphatic carbocycles. The van der Waals surface area contributed by atoms with Gasteiger partial charge in [-0.3, -0.25) is 0 Å². The largest absolute Gasteiger partial charge is 0.370 e. The molecule has 4 aliphatic heterocycles. The van der Waals surface area contributed by atoms with Gasteiger partial charge in [0.1, 0.15) is 0 Å². The van der Waals surface area contributed by atoms with Gasteiger partial charge >= 0.3 is 0 Å². The molecular weight excluding hydrogens is 528 g/mol. The molecule has 4 heterocycles. The zero-order valence-electron chi connectivity index (χ0n) is 26.8. The molecule has 6 nitrogen and oxygen atoms in total. The van der Waals surface area contributed by atoms with Gasteiger partial charge in [-0.1, -0.05) is 39.8 Å². The Labute approximate surface area is 254 Å². The van der Waals surface area contributed by atoms with E-state index in [0.29, 0.717) is 24.0 Å². The van der Waals surface area contributed by atoms with Crippen molar-refractivity contribution in [2.45, 2.75) is 141 Å². The van der Waals surface area contributed by atoms with Crippen LogP contribution in [0, 0.1) is 33.5 Å². The molecule has 0 radical (unpaired) electrons. The van der Waals surface area contributed by atoms with Crippen LogP contribution in [0.4, 0.5) is 0 Å². The van der Waals surface area contributed by atoms with Crippen molar-refractivity contribution in [3.05, 3.63) is 25.3 Å². The lowest BCUT2D eigenvalue weighted by molar-refractivity contribution is -0.297. The average Bonchev–Trinajstić information content (AvgIpc) is 3.77. The maximum atomic E-state index is 6.26. The van der Waals surface area contributed by atoms with Gasteiger partial charge in [-0.15, -0.1) is 13.2 Å². The van der Waals surface area contributed by atoms with Gasteiger partial charge in [-0.25, -0.2) is 0 Å². The lowest BCUT2D eigenvalue weighted by Gasteiger charge is -2.61. The van der Waals surface area contributed by atoms with E-state index in [1.165, 1.54) is 25.7 Å². The minimum absolute atomic E-state index is 0.131. The Balaban J connectivity index is 0.000000137. The summed E-state index contributed by atoms with van der Waals surface area (Å²) < 4.78 is 37.4. The van der Waals surface area contributed by atoms with E-state index in [0.717, 1.165) is 77.8 Å². The summed E-state index contributed by atoms with van der Waals surface area (Å²) in [6, 6.07) is 0. The van der Waals surface area contributed by atoms with Crippen molar-refractivity contribution in [1.29, 1.82) is 0 Å². The molecule has 6 heteroatoms. The van der Waals surface area contributed by atoms with Crippen molar-refractivity contribution in [2.24, 2.45) is 33.5 Å². The van der Waals surface area contributed by atoms with E-state index in [9.17, 15) is 0 Å². The first kappa shape index (κ1) is 29.9. The first-order valence-electron chi connectivity index (χ1n) is 17.2. The summed E-state index contributed by atoms with van der Waals surface area (Å²) in [6.45, 7) is 20.7. The third-order valence-electron chi connectivity index (χ3n) is 14.2. The van der Waals surface area contributed by atoms with Gasteiger partial charge in [0, 0.05) is 34.5 Å². The summed E-state index contributed by atoms with van der Waals surface area (Å²) in [6.07, 6.45) is 19.1. The molecule has 0 unspecified atom stereocenters. The Kier molecular flexibility index (Phi) is 7.40. The monoisotopic (exact) mass is 584 g/mol. The van der Waals surface area contributed by atoms with Crippen molar-refractivity contribution in [3.8, 4) is 0 Å². The fraction of sp³-hybridized carbons (Fsp3) is 0.889. The number of hydrogen-bond acceptors (Lipinski definition) is 6. The normalized spacial score (nSPS) is 51.6. The van der Waals surface area contributed by atoms with Crippen LogP contribution < -0.4 is 0 Å². The molecule has 4 saturated heterocycles. The average molecular weight is 585 g/mol. The molecule has 4 saturated carbocycles. The van der Waals surface area contributed by atoms with Crippen molar-refractivity contribution in [3.63, 3.8) is 0 Å². The quantitative estimate of drug-likeness (QED) is 0.316. The molecule has 0 aromatic rings. The van der Waals surface area contributed by atoms with Crippen LogP contribution in [0.2, 0.25) is 0 Å². The Morgan fingerprint density at radius 3 is 1.29 bits per heavy atom. The first-order valence-corrected chi connectivity index (χ1v) is 17.2. The smallest absolute Gasteiger partial charge is 0.174 e. The van der Waals surface area contributed by atoms with Crippen molar-refractivity contribution in [2.75, 3.05) is 26.4 Å². The van der Waals surface area contributed by atoms with E-state index in [-0.39, 0.29) is 45.4 Å². The molecule has 0 aromatic carbocycles. The van der Waals surface area contributed by atoms with Crippen LogP contribution in [0.25, 0.3) is 0 Å². The maximum absolute atomic E-state index is 6.26. The summed E-state index contributed by atoms with van der Waals surface area (Å²) in [7, 11) is 0. The lowest BCUT2D eigenvalue weighted by atomic mass is 9.48. The Morgan fingerprint density at radius 2 is 0.929 bits per heavy atom. The molecular formula is C36H56O6. The SMILES string of the molecule is C=C[C@H]1C[C@]2(C)[C@H](CC[C@@]3(C)[C@H]2CCCC32OCCO2)O1.C=C[C@H]1C[C@]2(C)[C@H](CC[C@@]3(C)[C@H]2CCCC32OCCO2)O1. The van der Waals surface area contributed by atoms with Crippen LogP contribution in [0.1, 0.15) is 105 Å². The molecule has 0 amide bonds. The molecule has 2 spiro atoms. The molecule has 8 fully saturated rings. The predicted octanol–water partition coefficient (Wildman–Crippen LogP) is 7.36. The molecule has 8 aliphatic rings. The summed E-state index contributed by atoms with van der Waals surface area (Å²) in [5.41, 5.74) is 0.752. The van der Waals surface area contributed by atoms with Gasteiger partial charge in [0.2, 0.25) is 0 Å². The van der Waals surface area contributed by atoms with Crippen LogP contribution in [0.5, 0.6) is 0 Å². The second kappa shape index (κ2) is 10.4. The maximum Gasteiger partial charge on any atom is 0.174 e. The predicted molar refractivity (Wildman–Crippen MR) is 162 cm³/mol. The minimum Gasteiger partial charge on any atom is -0.370 e. The van der Waals surface area contributed by atoms with Gasteiger partial charge in [-0.2, -0.15) is 0 Å². The van der Waals surface area contributed by atoms with E-state index in [1.54, 1.807) is 0 Å². The molecule has 0 aromatic heterocycles. The molecule has 236 valence electrons. The zero-order chi connectivity index (χ0) is 29.4. The number of rotatable bonds is 2. The van der Waals surface area contributed by atoms with Crippen LogP contribution in [0.15, 0.2) is 25.3 Å². The van der Waals surface area contributed by atoms with Crippen molar-refractivity contribution in [1.82, 2.24) is 0 Å². The number of ether oxygens (including phenoxy) is 6. The van der Waals surface area contributed by atoms with E-state index >= 15 is 0 Å². The van der Waals surface area contributed by atoms with Crippen LogP contribution in [-0.2, 0) is 28.4 Å². The molecule has 10 atom stereocenters. The third kappa shape index (κ3) is 4.04. The molecule has 0 N–H and O–H groups in total. The van der Waals surface area contributed by atoms with Crippen LogP contribution >= 0.6 is 0 Å². The van der Waals surface area contributed by atoms with Crippen LogP contribution in [-0.4, -0.2) is 62.4 Å². The van der Waals surface area contributed by atoms with E-state index < -0.39 is 0 Å². The number of fused-ring (bicyclic) bond motifs is 8. The van der Waals surface area contributed by atoms with Gasteiger partial charge < -0.3 is 28.4 Å². The highest BCUT2D eigenvalue weighted by atomic mass is 16.7. The Hall–Kier alpha value is -0.760. The lowest BCUT2D eigenvalue weighted by Crippen LogP contribution is -2.62. The zero-order valence-corrected chi connectivity index (χ0v) is 26.8. The Bertz CT molecular complexity index is 965. The molecule has 8 rings (SSSR count). The van der Waals surface area contributed by atoms with Gasteiger partial charge in [-0.05, 0) is 76.0 Å². The molecule has 42 heavy (non-hydrogen) atoms. The Morgan fingerprint density at radius 1 is 0.548 bits per heavy atom. The van der Waals surface area contributed by atoms with Crippen molar-refractivity contribution >= 4 is 0 Å². The minimum atomic E-state index is -0.323. The van der Waals surface area contributed by atoms with E-state index in [4.69, 9.17) is 28.4 Å². The van der Waals surface area contributed by atoms with Gasteiger partial charge in [0.25, 0.3) is 0 Å². The fourth-order valence-electron chi connectivity index (χ4n) is 12.1. The topological polar surface area (TPSA) is 55.4 Å². The highest BCUT2D eigenvalue weighted by Crippen LogP contribution is 2.68. The summed E-state index contributed by atoms with van der Waals surface area (Å²) in [4.78, 5) is 0. The van der Waals surface area contributed by atoms with Crippen LogP contribution in [0.3, 0.4) is 0 Å². The molecule has 0 bridgehead atoms. The van der Waals surface area contributed by atoms with Gasteiger partial charge in [0.05, 0.1) is 50.8 Å². The highest BCUT2D eigenvalue weighted by Gasteiger charge is 2.68. The first-order chi connectivity index (χ1) is 20.1. The second-order valence-electron chi connectivity index (χ2n) is 15.9. The highest BCUT2D eigenvalue weighted by molar-refractivity contribution is 5.15.